The molecule has 20 heavy (non-hydrogen) atoms. The topological polar surface area (TPSA) is 65.0 Å². The molecule has 2 bridgehead atoms. The fourth-order valence-corrected chi connectivity index (χ4v) is 4.32. The van der Waals surface area contributed by atoms with Crippen LogP contribution in [0, 0.1) is 11.8 Å². The van der Waals surface area contributed by atoms with Crippen LogP contribution in [0.3, 0.4) is 0 Å². The van der Waals surface area contributed by atoms with Crippen molar-refractivity contribution >= 4 is 5.97 Å². The van der Waals surface area contributed by atoms with Crippen molar-refractivity contribution in [1.82, 2.24) is 0 Å². The number of carbonyl (C=O) groups is 1. The molecule has 6 atom stereocenters. The molecule has 0 aromatic heterocycles. The Kier molecular flexibility index (Phi) is 2.10. The average Bonchev–Trinajstić information content (AvgIpc) is 2.92. The Morgan fingerprint density at radius 1 is 1.35 bits per heavy atom. The molecule has 1 N–H and O–H groups in total. The van der Waals surface area contributed by atoms with E-state index in [0.29, 0.717) is 18.4 Å². The number of esters is 1. The fourth-order valence-electron chi connectivity index (χ4n) is 4.32. The van der Waals surface area contributed by atoms with E-state index in [2.05, 4.69) is 6.58 Å². The molecule has 0 aromatic carbocycles. The summed E-state index contributed by atoms with van der Waals surface area (Å²) in [5, 5.41) is 10.9. The van der Waals surface area contributed by atoms with E-state index >= 15 is 0 Å². The molecule has 5 heteroatoms. The molecule has 0 radical (unpaired) electrons. The van der Waals surface area contributed by atoms with E-state index in [9.17, 15) is 9.90 Å². The zero-order chi connectivity index (χ0) is 14.3. The molecule has 2 saturated heterocycles. The van der Waals surface area contributed by atoms with Crippen molar-refractivity contribution in [2.45, 2.75) is 49.6 Å². The summed E-state index contributed by atoms with van der Waals surface area (Å²) in [6.45, 7) is 7.52. The van der Waals surface area contributed by atoms with Gasteiger partial charge in [0, 0.05) is 11.5 Å². The summed E-state index contributed by atoms with van der Waals surface area (Å²) in [5.41, 5.74) is -2.20. The highest BCUT2D eigenvalue weighted by Crippen LogP contribution is 2.61. The summed E-state index contributed by atoms with van der Waals surface area (Å²) in [4.78, 5) is 22.9. The van der Waals surface area contributed by atoms with Crippen LogP contribution < -0.4 is 0 Å². The lowest BCUT2D eigenvalue weighted by Crippen LogP contribution is -2.56. The summed E-state index contributed by atoms with van der Waals surface area (Å²) in [7, 11) is 0. The maximum atomic E-state index is 11.9. The quantitative estimate of drug-likeness (QED) is 0.313. The first-order valence-corrected chi connectivity index (χ1v) is 7.00. The van der Waals surface area contributed by atoms with Crippen molar-refractivity contribution in [3.63, 3.8) is 0 Å². The fraction of sp³-hybridized carbons (Fsp3) is 0.667. The van der Waals surface area contributed by atoms with Gasteiger partial charge in [-0.2, -0.15) is 0 Å². The first kappa shape index (κ1) is 12.6. The minimum atomic E-state index is -1.07. The molecule has 2 aliphatic carbocycles. The van der Waals surface area contributed by atoms with E-state index < -0.39 is 16.8 Å². The van der Waals surface area contributed by atoms with Crippen molar-refractivity contribution in [1.29, 1.82) is 0 Å². The third-order valence-electron chi connectivity index (χ3n) is 5.56. The van der Waals surface area contributed by atoms with Crippen molar-refractivity contribution in [2.75, 3.05) is 0 Å². The Morgan fingerprint density at radius 3 is 2.75 bits per heavy atom. The van der Waals surface area contributed by atoms with E-state index in [1.165, 1.54) is 0 Å². The third kappa shape index (κ3) is 1.18. The van der Waals surface area contributed by atoms with Gasteiger partial charge in [0.25, 0.3) is 0 Å². The number of hydrogen-bond acceptors (Lipinski definition) is 5. The number of hydrogen-bond donors (Lipinski definition) is 1. The summed E-state index contributed by atoms with van der Waals surface area (Å²) < 4.78 is 5.56. The van der Waals surface area contributed by atoms with Gasteiger partial charge in [0.05, 0.1) is 11.5 Å². The van der Waals surface area contributed by atoms with Crippen LogP contribution in [0.5, 0.6) is 0 Å². The molecule has 2 aliphatic heterocycles. The van der Waals surface area contributed by atoms with Crippen LogP contribution in [0.1, 0.15) is 26.7 Å². The van der Waals surface area contributed by atoms with Crippen molar-refractivity contribution in [2.24, 2.45) is 11.8 Å². The highest BCUT2D eigenvalue weighted by atomic mass is 17.2. The van der Waals surface area contributed by atoms with Gasteiger partial charge < -0.3 is 9.84 Å². The average molecular weight is 278 g/mol. The Bertz CT molecular complexity index is 550. The maximum Gasteiger partial charge on any atom is 0.334 e. The van der Waals surface area contributed by atoms with Crippen molar-refractivity contribution < 1.29 is 24.4 Å². The Morgan fingerprint density at radius 2 is 2.10 bits per heavy atom. The predicted molar refractivity (Wildman–Crippen MR) is 68.3 cm³/mol. The van der Waals surface area contributed by atoms with Gasteiger partial charge in [0.15, 0.2) is 5.60 Å². The zero-order valence-electron chi connectivity index (χ0n) is 11.6. The van der Waals surface area contributed by atoms with Gasteiger partial charge in [0.1, 0.15) is 11.7 Å². The standard InChI is InChI=1S/C15H18O5/c1-8-9-4-5-14(3,17)15-7-6-13(2,19-20-15)11(15)10(9)18-12(8)16/h6-7,9-11,17H,1,4-5H2,2-3H3/t9-,10-,11-,13-,14+,15+/m0/s1. The Balaban J connectivity index is 1.88. The highest BCUT2D eigenvalue weighted by molar-refractivity contribution is 5.91. The van der Waals surface area contributed by atoms with E-state index in [4.69, 9.17) is 14.5 Å². The second-order valence-corrected chi connectivity index (χ2v) is 6.77. The molecule has 0 amide bonds. The molecule has 4 rings (SSSR count). The number of ether oxygens (including phenoxy) is 1. The van der Waals surface area contributed by atoms with E-state index in [-0.39, 0.29) is 23.9 Å². The molecular weight excluding hydrogens is 260 g/mol. The summed E-state index contributed by atoms with van der Waals surface area (Å²) in [6.07, 6.45) is 4.59. The Hall–Kier alpha value is -1.17. The summed E-state index contributed by atoms with van der Waals surface area (Å²) >= 11 is 0. The third-order valence-corrected chi connectivity index (χ3v) is 5.56. The maximum absolute atomic E-state index is 11.9. The van der Waals surface area contributed by atoms with Crippen molar-refractivity contribution in [3.8, 4) is 0 Å². The largest absolute Gasteiger partial charge is 0.458 e. The van der Waals surface area contributed by atoms with Gasteiger partial charge in [0.2, 0.25) is 0 Å². The first-order chi connectivity index (χ1) is 9.31. The second kappa shape index (κ2) is 3.35. The molecule has 0 aromatic rings. The second-order valence-electron chi connectivity index (χ2n) is 6.77. The van der Waals surface area contributed by atoms with Crippen LogP contribution in [0.25, 0.3) is 0 Å². The zero-order valence-corrected chi connectivity index (χ0v) is 11.6. The predicted octanol–water partition coefficient (Wildman–Crippen LogP) is 1.27. The summed E-state index contributed by atoms with van der Waals surface area (Å²) in [5.74, 6) is -0.669. The van der Waals surface area contributed by atoms with E-state index in [1.807, 2.05) is 19.1 Å². The summed E-state index contributed by atoms with van der Waals surface area (Å²) in [6, 6.07) is 0. The van der Waals surface area contributed by atoms with Crippen molar-refractivity contribution in [3.05, 3.63) is 24.3 Å². The molecule has 3 fully saturated rings. The molecule has 5 nitrogen and oxygen atoms in total. The molecular formula is C15H18O5. The molecule has 2 heterocycles. The van der Waals surface area contributed by atoms with Crippen LogP contribution in [-0.4, -0.2) is 34.0 Å². The Labute approximate surface area is 117 Å². The van der Waals surface area contributed by atoms with Crippen LogP contribution in [0.2, 0.25) is 0 Å². The van der Waals surface area contributed by atoms with Crippen LogP contribution in [0.15, 0.2) is 24.3 Å². The minimum Gasteiger partial charge on any atom is -0.458 e. The monoisotopic (exact) mass is 278 g/mol. The van der Waals surface area contributed by atoms with Crippen LogP contribution >= 0.6 is 0 Å². The molecule has 0 spiro atoms. The molecule has 0 unspecified atom stereocenters. The van der Waals surface area contributed by atoms with Gasteiger partial charge in [-0.1, -0.05) is 12.7 Å². The van der Waals surface area contributed by atoms with E-state index in [1.54, 1.807) is 6.92 Å². The lowest BCUT2D eigenvalue weighted by atomic mass is 9.71. The number of rotatable bonds is 0. The SMILES string of the molecule is C=C1C(=O)O[C@H]2[C@H]1CC[C@@](C)(O)[C@]13C=C[C@](C)(OO1)[C@H]23. The van der Waals surface area contributed by atoms with Gasteiger partial charge in [-0.15, -0.1) is 0 Å². The highest BCUT2D eigenvalue weighted by Gasteiger charge is 2.73. The van der Waals surface area contributed by atoms with Gasteiger partial charge in [-0.25, -0.2) is 14.6 Å². The van der Waals surface area contributed by atoms with Crippen LogP contribution in [0.4, 0.5) is 0 Å². The molecule has 1 saturated carbocycles. The number of aliphatic hydroxyl groups is 1. The minimum absolute atomic E-state index is 0.0784. The number of fused-ring (bicyclic) bond motifs is 1. The van der Waals surface area contributed by atoms with Gasteiger partial charge in [-0.3, -0.25) is 0 Å². The lowest BCUT2D eigenvalue weighted by Gasteiger charge is -2.39. The molecule has 4 aliphatic rings. The lowest BCUT2D eigenvalue weighted by molar-refractivity contribution is -0.360. The number of carbonyl (C=O) groups excluding carboxylic acids is 1. The van der Waals surface area contributed by atoms with Gasteiger partial charge in [-0.05, 0) is 32.8 Å². The smallest absolute Gasteiger partial charge is 0.334 e. The molecule has 108 valence electrons. The van der Waals surface area contributed by atoms with E-state index in [0.717, 1.165) is 0 Å². The van der Waals surface area contributed by atoms with Crippen LogP contribution in [-0.2, 0) is 19.3 Å². The first-order valence-electron chi connectivity index (χ1n) is 7.00. The van der Waals surface area contributed by atoms with Gasteiger partial charge >= 0.3 is 5.97 Å². The normalized spacial score (nSPS) is 56.5.